The topological polar surface area (TPSA) is 364 Å². The maximum atomic E-state index is 13.4. The van der Waals surface area contributed by atoms with Crippen molar-refractivity contribution in [1.82, 2.24) is 20.9 Å². The zero-order chi connectivity index (χ0) is 86.1. The lowest BCUT2D eigenvalue weighted by atomic mass is 9.93. The van der Waals surface area contributed by atoms with Gasteiger partial charge in [-0.25, -0.2) is 0 Å². The van der Waals surface area contributed by atoms with Gasteiger partial charge in [-0.2, -0.15) is 0 Å². The van der Waals surface area contributed by atoms with Crippen molar-refractivity contribution in [3.8, 4) is 0 Å². The number of amides is 3. The zero-order valence-corrected chi connectivity index (χ0v) is 70.1. The van der Waals surface area contributed by atoms with Gasteiger partial charge in [-0.1, -0.05) is 206 Å². The number of ether oxygens (including phenoxy) is 12. The van der Waals surface area contributed by atoms with Gasteiger partial charge < -0.3 is 110 Å². The van der Waals surface area contributed by atoms with E-state index in [9.17, 15) is 29.7 Å². The Morgan fingerprint density at radius 3 is 1.11 bits per heavy atom. The average molecular weight is 1700 g/mol. The molecule has 0 spiro atoms. The number of nitrogens with zero attached hydrogens (tertiary/aromatic N) is 1. The highest BCUT2D eigenvalue weighted by Gasteiger charge is 2.51. The number of nitrogens with two attached hydrogens (primary N) is 3. The van der Waals surface area contributed by atoms with Crippen molar-refractivity contribution in [3.63, 3.8) is 0 Å². The van der Waals surface area contributed by atoms with Crippen LogP contribution in [-0.4, -0.2) is 203 Å². The van der Waals surface area contributed by atoms with Gasteiger partial charge >= 0.3 is 0 Å². The number of nitrogens with one attached hydrogen (secondary N) is 4. The number of fused-ring (bicyclic) bond motifs is 5. The minimum atomic E-state index is -1.10. The largest absolute Gasteiger partial charge is 0.388 e. The van der Waals surface area contributed by atoms with E-state index in [1.165, 1.54) is 7.11 Å². The fourth-order valence-corrected chi connectivity index (χ4v) is 16.1. The molecule has 13 N–H and O–H groups in total. The maximum absolute atomic E-state index is 13.4. The van der Waals surface area contributed by atoms with Crippen LogP contribution in [0.1, 0.15) is 59.1 Å². The van der Waals surface area contributed by atoms with E-state index >= 15 is 0 Å². The summed E-state index contributed by atoms with van der Waals surface area (Å²) in [6.45, 7) is 3.19. The molecule has 4 aliphatic heterocycles. The van der Waals surface area contributed by atoms with E-state index < -0.39 is 91.9 Å². The Morgan fingerprint density at radius 1 is 0.431 bits per heavy atom. The van der Waals surface area contributed by atoms with E-state index in [1.807, 2.05) is 152 Å². The van der Waals surface area contributed by atoms with Crippen molar-refractivity contribution in [3.05, 3.63) is 275 Å². The van der Waals surface area contributed by atoms with Crippen LogP contribution in [0.15, 0.2) is 237 Å². The second kappa shape index (κ2) is 45.1. The summed E-state index contributed by atoms with van der Waals surface area (Å²) in [7, 11) is 4.57. The van der Waals surface area contributed by atoms with Gasteiger partial charge in [0.25, 0.3) is 0 Å². The Labute approximate surface area is 720 Å². The molecule has 11 aromatic rings. The third-order valence-corrected chi connectivity index (χ3v) is 22.7. The molecule has 15 rings (SSSR count). The number of aliphatic hydroxyl groups excluding tert-OH is 3. The molecule has 123 heavy (non-hydrogen) atoms. The molecule has 4 saturated heterocycles. The number of halogens is 1. The Kier molecular flexibility index (Phi) is 33.2. The molecule has 3 amide bonds. The summed E-state index contributed by atoms with van der Waals surface area (Å²) >= 11 is 6.04. The molecule has 16 atom stereocenters. The van der Waals surface area contributed by atoms with Crippen LogP contribution in [0.25, 0.3) is 53.9 Å². The van der Waals surface area contributed by atoms with E-state index in [1.54, 1.807) is 31.3 Å². The van der Waals surface area contributed by atoms with Crippen molar-refractivity contribution in [2.75, 3.05) is 67.3 Å². The summed E-state index contributed by atoms with van der Waals surface area (Å²) < 4.78 is 72.3. The Balaban J connectivity index is 0.000000159. The average Bonchev–Trinajstić information content (AvgIpc) is 0.794. The standard InChI is InChI=1S/C32H39ClN4O6.2C32H36N2O6/c1-40-29-27(36-30(39)24-7-4-14-37(16-24)32(34)35)31(42-18-20-9-12-25(33)13-10-20)43-26(28(29)38)19-41-17-21-8-11-22-5-2-3-6-23(22)15-21;2*1-37-20-27-30(36)31(38-18-21-10-12-23-6-2-4-8-25(23)16-21)29(34-28(35)14-15-33)32(40-27)39-19-22-11-13-24-7-3-5-9-26(24)17-22/h2-3,5-6,8-13,15,24,26-29,31,38H,4,7,14,16-19H2,1H3,(H3,34,35)(H,36,39);2*2-13,16-17,27,29-32,36H,14-15,18-20,33H2,1H3,(H,34,35)/t24?,26-,27-,28-,29-,31?;27-,29-,30-,31+,32?;27-,29-,30-,31+,32+/m111/s1. The number of carbonyl (C=O) groups is 3. The molecule has 11 aromatic carbocycles. The van der Waals surface area contributed by atoms with E-state index in [4.69, 9.17) is 91.1 Å². The molecule has 4 aliphatic rings. The Morgan fingerprint density at radius 2 is 0.756 bits per heavy atom. The van der Waals surface area contributed by atoms with Gasteiger partial charge in [0, 0.05) is 65.4 Å². The van der Waals surface area contributed by atoms with E-state index in [0.717, 1.165) is 93.7 Å². The summed E-state index contributed by atoms with van der Waals surface area (Å²) in [5, 5.41) is 62.4. The molecule has 4 fully saturated rings. The molecule has 26 nitrogen and oxygen atoms in total. The van der Waals surface area contributed by atoms with E-state index in [0.29, 0.717) is 31.1 Å². The van der Waals surface area contributed by atoms with Crippen molar-refractivity contribution >= 4 is 89.1 Å². The second-order valence-corrected chi connectivity index (χ2v) is 31.7. The number of piperidine rings is 1. The highest BCUT2D eigenvalue weighted by Crippen LogP contribution is 2.33. The van der Waals surface area contributed by atoms with Gasteiger partial charge in [-0.3, -0.25) is 19.8 Å². The van der Waals surface area contributed by atoms with Gasteiger partial charge in [0.15, 0.2) is 24.8 Å². The number of rotatable bonds is 32. The fraction of sp³-hybridized carbons (Fsp3) is 0.375. The molecule has 0 saturated carbocycles. The van der Waals surface area contributed by atoms with Crippen molar-refractivity contribution in [2.24, 2.45) is 23.1 Å². The van der Waals surface area contributed by atoms with Crippen LogP contribution in [0.2, 0.25) is 5.02 Å². The third-order valence-electron chi connectivity index (χ3n) is 22.5. The summed E-state index contributed by atoms with van der Waals surface area (Å²) in [6.07, 6.45) is -8.94. The SMILES string of the molecule is COC[C@H]1OC(OCc2ccc3ccccc3c2)[C@H](NC(=O)CCN)[C@H](OCc2ccc3ccccc3c2)[C@@H]1O.COC[C@H]1O[C@H](OCc2ccc3ccccc3c2)[C@H](NC(=O)CCN)[C@H](OCc2ccc3ccccc3c2)[C@@H]1O.CO[C@H]1[C@H](O)[C@@H](COCc2ccc3ccccc3c2)OC(OCc2ccc(Cl)cc2)[C@@H]1NC(=O)C1CCCN(C(=N)N)C1. The number of methoxy groups -OCH3 is 3. The first-order valence-electron chi connectivity index (χ1n) is 41.6. The predicted molar refractivity (Wildman–Crippen MR) is 470 cm³/mol. The second-order valence-electron chi connectivity index (χ2n) is 31.2. The number of guanidine groups is 1. The van der Waals surface area contributed by atoms with Crippen molar-refractivity contribution in [1.29, 1.82) is 5.41 Å². The lowest BCUT2D eigenvalue weighted by Crippen LogP contribution is -2.66. The number of hydrogen-bond donors (Lipinski definition) is 10. The lowest BCUT2D eigenvalue weighted by molar-refractivity contribution is -0.282. The summed E-state index contributed by atoms with van der Waals surface area (Å²) in [6, 6.07) is 76.0. The third kappa shape index (κ3) is 24.5. The van der Waals surface area contributed by atoms with Gasteiger partial charge in [0.05, 0.1) is 65.4 Å². The highest BCUT2D eigenvalue weighted by atomic mass is 35.5. The minimum absolute atomic E-state index is 0.0561. The van der Waals surface area contributed by atoms with Crippen LogP contribution < -0.4 is 33.2 Å². The van der Waals surface area contributed by atoms with Crippen LogP contribution in [0.3, 0.4) is 0 Å². The molecule has 4 heterocycles. The van der Waals surface area contributed by atoms with Crippen LogP contribution in [0, 0.1) is 11.3 Å². The molecule has 650 valence electrons. The smallest absolute Gasteiger partial charge is 0.225 e. The quantitative estimate of drug-likeness (QED) is 0.0138. The molecule has 27 heteroatoms. The first kappa shape index (κ1) is 90.7. The van der Waals surface area contributed by atoms with Crippen LogP contribution in [-0.2, 0) is 111 Å². The normalized spacial score (nSPS) is 24.0. The molecular weight excluding hydrogens is 1590 g/mol. The van der Waals surface area contributed by atoms with Gasteiger partial charge in [-0.05, 0) is 143 Å². The first-order valence-corrected chi connectivity index (χ1v) is 42.0. The lowest BCUT2D eigenvalue weighted by Gasteiger charge is -2.44. The zero-order valence-electron chi connectivity index (χ0n) is 69.3. The number of benzene rings is 11. The summed E-state index contributed by atoms with van der Waals surface area (Å²) in [4.78, 5) is 40.5. The number of hydrogen-bond acceptors (Lipinski definition) is 21. The number of likely N-dealkylation sites (tertiary alicyclic amines) is 1. The molecule has 3 unspecified atom stereocenters. The van der Waals surface area contributed by atoms with Crippen molar-refractivity contribution < 1.29 is 86.5 Å². The van der Waals surface area contributed by atoms with Crippen LogP contribution in [0.4, 0.5) is 0 Å². The van der Waals surface area contributed by atoms with Crippen LogP contribution >= 0.6 is 11.6 Å². The maximum Gasteiger partial charge on any atom is 0.225 e. The van der Waals surface area contributed by atoms with Crippen molar-refractivity contribution in [2.45, 2.75) is 157 Å². The minimum Gasteiger partial charge on any atom is -0.388 e. The molecule has 0 bridgehead atoms. The number of aliphatic hydroxyl groups is 3. The van der Waals surface area contributed by atoms with Gasteiger partial charge in [0.2, 0.25) is 17.7 Å². The van der Waals surface area contributed by atoms with E-state index in [-0.39, 0.29) is 108 Å². The number of carbonyl (C=O) groups excluding carboxylic acids is 3. The molecule has 0 radical (unpaired) electrons. The van der Waals surface area contributed by atoms with Gasteiger partial charge in [-0.15, -0.1) is 0 Å². The Bertz CT molecular complexity index is 5060. The fourth-order valence-electron chi connectivity index (χ4n) is 16.0. The monoisotopic (exact) mass is 1700 g/mol. The van der Waals surface area contributed by atoms with Crippen LogP contribution in [0.5, 0.6) is 0 Å². The van der Waals surface area contributed by atoms with Gasteiger partial charge in [0.1, 0.15) is 73.1 Å². The van der Waals surface area contributed by atoms with E-state index in [2.05, 4.69) is 88.7 Å². The highest BCUT2D eigenvalue weighted by molar-refractivity contribution is 6.30. The predicted octanol–water partition coefficient (Wildman–Crippen LogP) is 10.7. The summed E-state index contributed by atoms with van der Waals surface area (Å²) in [5.41, 5.74) is 22.6. The Hall–Kier alpha value is -9.99. The first-order chi connectivity index (χ1) is 59.9. The molecule has 0 aliphatic carbocycles. The molecule has 0 aromatic heterocycles. The molecular formula is C96H111ClN8O18. The summed E-state index contributed by atoms with van der Waals surface area (Å²) in [5.74, 6) is -1.22.